The molecule has 0 saturated heterocycles. The number of benzene rings is 1. The van der Waals surface area contributed by atoms with E-state index in [0.717, 1.165) is 12.1 Å². The first-order valence-corrected chi connectivity index (χ1v) is 3.64. The lowest BCUT2D eigenvalue weighted by molar-refractivity contribution is 0.806. The summed E-state index contributed by atoms with van der Waals surface area (Å²) in [4.78, 5) is 0. The summed E-state index contributed by atoms with van der Waals surface area (Å²) in [6, 6.07) is 0.378. The third-order valence-electron chi connectivity index (χ3n) is 0.897. The van der Waals surface area contributed by atoms with Gasteiger partial charge in [0.1, 0.15) is 0 Å². The van der Waals surface area contributed by atoms with Crippen molar-refractivity contribution in [3.8, 4) is 0 Å². The molecule has 0 aromatic heterocycles. The Hall–Kier alpha value is -0.300. The second-order valence-corrected chi connectivity index (χ2v) is 1.99. The van der Waals surface area contributed by atoms with Crippen LogP contribution < -0.4 is 0 Å². The van der Waals surface area contributed by atoms with E-state index in [1.165, 1.54) is 0 Å². The molecule has 0 nitrogen and oxygen atoms in total. The van der Waals surface area contributed by atoms with Crippen LogP contribution in [0.2, 0.25) is 0 Å². The number of hydrogen-bond donors (Lipinski definition) is 0. The molecule has 0 N–H and O–H groups in total. The summed E-state index contributed by atoms with van der Waals surface area (Å²) in [6.45, 7) is 0. The minimum Gasteiger partial charge on any atom is -0.0928 e. The largest absolute Gasteiger partial charge is 0.0928 e. The Morgan fingerprint density at radius 1 is 1.36 bits per heavy atom. The van der Waals surface area contributed by atoms with Gasteiger partial charge in [0, 0.05) is 16.2 Å². The lowest BCUT2D eigenvalue weighted by Gasteiger charge is -1.97. The zero-order valence-electron chi connectivity index (χ0n) is 16.5. The fourth-order valence-electron chi connectivity index (χ4n) is 0.501. The third kappa shape index (κ3) is 3.57. The molecule has 0 aliphatic rings. The van der Waals surface area contributed by atoms with Gasteiger partial charge >= 0.3 is 0 Å². The Morgan fingerprint density at radius 3 is 2.73 bits per heavy atom. The Morgan fingerprint density at radius 2 is 2.09 bits per heavy atom. The zero-order chi connectivity index (χ0) is 17.7. The van der Waals surface area contributed by atoms with Crippen molar-refractivity contribution in [3.05, 3.63) is 35.8 Å². The van der Waals surface area contributed by atoms with Gasteiger partial charge in [0.2, 0.25) is 0 Å². The van der Waals surface area contributed by atoms with E-state index in [0.29, 0.717) is 0 Å². The van der Waals surface area contributed by atoms with Crippen LogP contribution >= 0.6 is 15.9 Å². The van der Waals surface area contributed by atoms with E-state index >= 15 is 0 Å². The molecule has 1 heteroatoms. The maximum Gasteiger partial charge on any atom is 0.0626 e. The Bertz CT molecular complexity index is 552. The van der Waals surface area contributed by atoms with E-state index in [-0.39, 0.29) is 6.04 Å². The Balaban J connectivity index is 3.60. The van der Waals surface area contributed by atoms with E-state index < -0.39 is 42.0 Å². The molecular weight excluding hydrogens is 200 g/mol. The molecule has 0 atom stereocenters. The molecule has 0 aliphatic carbocycles. The fourth-order valence-corrected chi connectivity index (χ4v) is 0.600. The van der Waals surface area contributed by atoms with Gasteiger partial charge in [-0.2, -0.15) is 0 Å². The molecule has 60 valence electrons. The highest BCUT2D eigenvalue weighted by Gasteiger charge is 1.89. The lowest BCUT2D eigenvalue weighted by Crippen LogP contribution is -1.84. The maximum atomic E-state index is 7.92. The van der Waals surface area contributed by atoms with Gasteiger partial charge in [0.05, 0.1) is 4.11 Å². The number of alkyl halides is 1. The van der Waals surface area contributed by atoms with Crippen LogP contribution in [0.4, 0.5) is 0 Å². The van der Waals surface area contributed by atoms with Crippen LogP contribution in [0, 0.1) is 0 Å². The van der Waals surface area contributed by atoms with Crippen LogP contribution in [0.3, 0.4) is 0 Å². The molecule has 0 amide bonds. The summed E-state index contributed by atoms with van der Waals surface area (Å²) in [5.74, 6) is 0. The molecule has 0 fully saturated rings. The van der Waals surface area contributed by atoms with Crippen LogP contribution in [0.15, 0.2) is 30.3 Å². The molecule has 11 heavy (non-hydrogen) atoms. The monoisotopic (exact) mass is 223 g/mol. The van der Waals surface area contributed by atoms with Crippen LogP contribution in [0.5, 0.6) is 0 Å². The van der Waals surface area contributed by atoms with Crippen molar-refractivity contribution >= 4 is 15.9 Å². The molecule has 0 spiro atoms. The van der Waals surface area contributed by atoms with Gasteiger partial charge in [-0.1, -0.05) is 46.2 Å². The normalized spacial score (nSPS) is 29.7. The van der Waals surface area contributed by atoms with Crippen molar-refractivity contribution in [1.82, 2.24) is 0 Å². The first-order valence-electron chi connectivity index (χ1n) is 8.34. The van der Waals surface area contributed by atoms with Crippen molar-refractivity contribution < 1.29 is 15.1 Å². The van der Waals surface area contributed by atoms with Crippen molar-refractivity contribution in [3.63, 3.8) is 0 Å². The SMILES string of the molecule is [2H]c1cc([2H])c(C([2H])([2H])C([2H])([2H])C([2H])([2H])C([2H])([2H])Br)c([2H])c1. The maximum absolute atomic E-state index is 7.92. The number of rotatable bonds is 4. The quantitative estimate of drug-likeness (QED) is 0.687. The summed E-state index contributed by atoms with van der Waals surface area (Å²) in [5.41, 5.74) is -0.728. The van der Waals surface area contributed by atoms with E-state index in [2.05, 4.69) is 15.9 Å². The highest BCUT2D eigenvalue weighted by Crippen LogP contribution is 2.04. The Labute approximate surface area is 92.2 Å². The summed E-state index contributed by atoms with van der Waals surface area (Å²) in [6.07, 6.45) is -9.87. The van der Waals surface area contributed by atoms with Gasteiger partial charge in [-0.25, -0.2) is 0 Å². The first-order chi connectivity index (χ1) is 9.57. The average Bonchev–Trinajstić information content (AvgIpc) is 2.24. The van der Waals surface area contributed by atoms with Crippen molar-refractivity contribution in [1.29, 1.82) is 0 Å². The van der Waals surface area contributed by atoms with Crippen LogP contribution in [0.1, 0.15) is 33.4 Å². The predicted molar refractivity (Wildman–Crippen MR) is 53.2 cm³/mol. The molecule has 1 rings (SSSR count). The van der Waals surface area contributed by atoms with Crippen molar-refractivity contribution in [2.24, 2.45) is 0 Å². The second-order valence-electron chi connectivity index (χ2n) is 1.59. The zero-order valence-corrected chi connectivity index (χ0v) is 7.12. The summed E-state index contributed by atoms with van der Waals surface area (Å²) in [7, 11) is 0. The molecule has 0 aliphatic heterocycles. The second kappa shape index (κ2) is 5.36. The first kappa shape index (κ1) is 2.14. The van der Waals surface area contributed by atoms with Gasteiger partial charge in [0.25, 0.3) is 0 Å². The standard InChI is InChI=1S/C10H13Br/c11-9-5-4-8-10-6-2-1-3-7-10/h1-3,6-7H,4-5,8-9H2/i1D,4D2,5D2,6D,7D,8D2,9D2. The predicted octanol–water partition coefficient (Wildman–Crippen LogP) is 3.40. The fraction of sp³-hybridized carbons (Fsp3) is 0.400. The van der Waals surface area contributed by atoms with E-state index in [1.807, 2.05) is 0 Å². The highest BCUT2D eigenvalue weighted by molar-refractivity contribution is 9.09. The number of hydrogen-bond acceptors (Lipinski definition) is 0. The van der Waals surface area contributed by atoms with Gasteiger partial charge in [-0.3, -0.25) is 0 Å². The number of halogens is 1. The van der Waals surface area contributed by atoms with E-state index in [4.69, 9.17) is 15.1 Å². The van der Waals surface area contributed by atoms with Crippen LogP contribution in [0.25, 0.3) is 0 Å². The molecule has 0 radical (unpaired) electrons. The van der Waals surface area contributed by atoms with E-state index in [9.17, 15) is 0 Å². The molecular formula is C10H13Br. The highest BCUT2D eigenvalue weighted by atomic mass is 79.9. The van der Waals surface area contributed by atoms with E-state index in [1.54, 1.807) is 0 Å². The van der Waals surface area contributed by atoms with Gasteiger partial charge in [-0.05, 0) is 24.7 Å². The van der Waals surface area contributed by atoms with Crippen LogP contribution in [-0.2, 0) is 6.37 Å². The van der Waals surface area contributed by atoms with Crippen molar-refractivity contribution in [2.75, 3.05) is 5.28 Å². The van der Waals surface area contributed by atoms with Gasteiger partial charge in [-0.15, -0.1) is 0 Å². The summed E-state index contributed by atoms with van der Waals surface area (Å²) < 4.78 is 84.1. The van der Waals surface area contributed by atoms with Gasteiger partial charge in [0.15, 0.2) is 0 Å². The molecule has 1 aromatic rings. The van der Waals surface area contributed by atoms with Crippen LogP contribution in [-0.4, -0.2) is 5.28 Å². The smallest absolute Gasteiger partial charge is 0.0626 e. The van der Waals surface area contributed by atoms with Crippen molar-refractivity contribution in [2.45, 2.75) is 19.1 Å². The summed E-state index contributed by atoms with van der Waals surface area (Å²) in [5, 5.41) is -2.88. The minimum absolute atomic E-state index is 0.228. The average molecular weight is 224 g/mol. The third-order valence-corrected chi connectivity index (χ3v) is 1.10. The van der Waals surface area contributed by atoms with Gasteiger partial charge < -0.3 is 0 Å². The summed E-state index contributed by atoms with van der Waals surface area (Å²) >= 11 is 2.38. The molecule has 1 aromatic carbocycles. The molecule has 0 heterocycles. The minimum atomic E-state index is -3.40. The molecule has 0 saturated carbocycles. The lowest BCUT2D eigenvalue weighted by atomic mass is 10.1. The molecule has 0 unspecified atom stereocenters. The molecule has 0 bridgehead atoms. The Kier molecular flexibility index (Phi) is 1.04. The topological polar surface area (TPSA) is 0 Å².